The van der Waals surface area contributed by atoms with Gasteiger partial charge >= 0.3 is 0 Å². The van der Waals surface area contributed by atoms with Crippen molar-refractivity contribution in [2.24, 2.45) is 0 Å². The first-order chi connectivity index (χ1) is 9.20. The van der Waals surface area contributed by atoms with Crippen molar-refractivity contribution in [3.05, 3.63) is 53.3 Å². The highest BCUT2D eigenvalue weighted by Crippen LogP contribution is 2.11. The molecule has 2 aromatic rings. The molecule has 5 heteroatoms. The molecule has 4 nitrogen and oxygen atoms in total. The third-order valence-corrected chi connectivity index (χ3v) is 3.24. The van der Waals surface area contributed by atoms with Gasteiger partial charge in [-0.15, -0.1) is 0 Å². The summed E-state index contributed by atoms with van der Waals surface area (Å²) >= 11 is 1.46. The standard InChI is InChI=1S/C14H15N3OS/c1-10-12(9-16-14(17-10)19-2)13(18)15-8-11-6-4-3-5-7-11/h3-7,9H,8H2,1-2H3,(H,15,18). The Bertz CT molecular complexity index is 572. The molecule has 0 unspecified atom stereocenters. The number of amides is 1. The van der Waals surface area contributed by atoms with Crippen LogP contribution in [0.5, 0.6) is 0 Å². The van der Waals surface area contributed by atoms with E-state index >= 15 is 0 Å². The van der Waals surface area contributed by atoms with E-state index < -0.39 is 0 Å². The molecule has 1 aromatic heterocycles. The number of carbonyl (C=O) groups is 1. The summed E-state index contributed by atoms with van der Waals surface area (Å²) in [6, 6.07) is 9.79. The highest BCUT2D eigenvalue weighted by Gasteiger charge is 2.11. The summed E-state index contributed by atoms with van der Waals surface area (Å²) in [5.74, 6) is -0.144. The molecule has 0 fully saturated rings. The van der Waals surface area contributed by atoms with Crippen molar-refractivity contribution in [3.63, 3.8) is 0 Å². The minimum Gasteiger partial charge on any atom is -0.348 e. The number of nitrogens with one attached hydrogen (secondary N) is 1. The molecule has 0 atom stereocenters. The molecule has 1 N–H and O–H groups in total. The fourth-order valence-corrected chi connectivity index (χ4v) is 2.03. The van der Waals surface area contributed by atoms with Gasteiger partial charge in [-0.05, 0) is 18.7 Å². The van der Waals surface area contributed by atoms with Crippen molar-refractivity contribution in [2.75, 3.05) is 6.26 Å². The van der Waals surface area contributed by atoms with E-state index in [1.165, 1.54) is 11.8 Å². The van der Waals surface area contributed by atoms with Crippen molar-refractivity contribution >= 4 is 17.7 Å². The van der Waals surface area contributed by atoms with Gasteiger partial charge in [-0.3, -0.25) is 4.79 Å². The minimum absolute atomic E-state index is 0.144. The van der Waals surface area contributed by atoms with E-state index in [4.69, 9.17) is 0 Å². The Labute approximate surface area is 116 Å². The molecule has 1 amide bonds. The smallest absolute Gasteiger partial charge is 0.254 e. The monoisotopic (exact) mass is 273 g/mol. The molecule has 0 spiro atoms. The number of thioether (sulfide) groups is 1. The zero-order valence-electron chi connectivity index (χ0n) is 10.9. The van der Waals surface area contributed by atoms with Crippen molar-refractivity contribution in [2.45, 2.75) is 18.6 Å². The Kier molecular flexibility index (Phi) is 4.52. The predicted octanol–water partition coefficient (Wildman–Crippen LogP) is 2.44. The second-order valence-corrected chi connectivity index (χ2v) is 4.80. The maximum atomic E-state index is 12.0. The number of carbonyl (C=O) groups excluding carboxylic acids is 1. The molecule has 0 aliphatic heterocycles. The van der Waals surface area contributed by atoms with Crippen LogP contribution in [0.3, 0.4) is 0 Å². The number of rotatable bonds is 4. The lowest BCUT2D eigenvalue weighted by atomic mass is 10.2. The second kappa shape index (κ2) is 6.33. The van der Waals surface area contributed by atoms with Crippen LogP contribution in [0.25, 0.3) is 0 Å². The van der Waals surface area contributed by atoms with E-state index in [0.717, 1.165) is 5.56 Å². The molecule has 0 saturated carbocycles. The molecule has 0 aliphatic rings. The first-order valence-electron chi connectivity index (χ1n) is 5.90. The van der Waals surface area contributed by atoms with Gasteiger partial charge in [-0.1, -0.05) is 42.1 Å². The fourth-order valence-electron chi connectivity index (χ4n) is 1.64. The molecular formula is C14H15N3OS. The highest BCUT2D eigenvalue weighted by atomic mass is 32.2. The van der Waals surface area contributed by atoms with Gasteiger partial charge in [-0.2, -0.15) is 0 Å². The summed E-state index contributed by atoms with van der Waals surface area (Å²) in [4.78, 5) is 20.4. The summed E-state index contributed by atoms with van der Waals surface area (Å²) in [5.41, 5.74) is 2.29. The number of aryl methyl sites for hydroxylation is 1. The molecule has 1 heterocycles. The average Bonchev–Trinajstić information content (AvgIpc) is 2.45. The Morgan fingerprint density at radius 1 is 1.32 bits per heavy atom. The molecule has 98 valence electrons. The lowest BCUT2D eigenvalue weighted by Crippen LogP contribution is -2.24. The fraction of sp³-hybridized carbons (Fsp3) is 0.214. The van der Waals surface area contributed by atoms with Crippen LogP contribution in [0.4, 0.5) is 0 Å². The number of benzene rings is 1. The van der Waals surface area contributed by atoms with Crippen LogP contribution in [0.2, 0.25) is 0 Å². The normalized spacial score (nSPS) is 10.2. The molecule has 0 radical (unpaired) electrons. The maximum absolute atomic E-state index is 12.0. The lowest BCUT2D eigenvalue weighted by Gasteiger charge is -2.07. The summed E-state index contributed by atoms with van der Waals surface area (Å²) in [6.45, 7) is 2.32. The number of hydrogen-bond donors (Lipinski definition) is 1. The molecule has 1 aromatic carbocycles. The third kappa shape index (κ3) is 3.54. The third-order valence-electron chi connectivity index (χ3n) is 2.68. The van der Waals surface area contributed by atoms with Gasteiger partial charge in [0.05, 0.1) is 11.3 Å². The highest BCUT2D eigenvalue weighted by molar-refractivity contribution is 7.98. The van der Waals surface area contributed by atoms with Crippen LogP contribution in [-0.4, -0.2) is 22.1 Å². The van der Waals surface area contributed by atoms with Gasteiger partial charge in [0.15, 0.2) is 5.16 Å². The Morgan fingerprint density at radius 3 is 2.68 bits per heavy atom. The number of hydrogen-bond acceptors (Lipinski definition) is 4. The lowest BCUT2D eigenvalue weighted by molar-refractivity contribution is 0.0949. The zero-order valence-corrected chi connectivity index (χ0v) is 11.7. The van der Waals surface area contributed by atoms with Crippen LogP contribution in [-0.2, 0) is 6.54 Å². The predicted molar refractivity (Wildman–Crippen MR) is 76.2 cm³/mol. The van der Waals surface area contributed by atoms with Crippen molar-refractivity contribution in [1.29, 1.82) is 0 Å². The second-order valence-electron chi connectivity index (χ2n) is 4.02. The Morgan fingerprint density at radius 2 is 2.05 bits per heavy atom. The van der Waals surface area contributed by atoms with Gasteiger partial charge in [0.2, 0.25) is 0 Å². The molecule has 2 rings (SSSR count). The number of aromatic nitrogens is 2. The SMILES string of the molecule is CSc1ncc(C(=O)NCc2ccccc2)c(C)n1. The van der Waals surface area contributed by atoms with Gasteiger partial charge in [-0.25, -0.2) is 9.97 Å². The first-order valence-corrected chi connectivity index (χ1v) is 7.13. The first kappa shape index (κ1) is 13.5. The van der Waals surface area contributed by atoms with Crippen LogP contribution in [0.15, 0.2) is 41.7 Å². The van der Waals surface area contributed by atoms with Crippen molar-refractivity contribution < 1.29 is 4.79 Å². The van der Waals surface area contributed by atoms with E-state index in [-0.39, 0.29) is 5.91 Å². The maximum Gasteiger partial charge on any atom is 0.254 e. The summed E-state index contributed by atoms with van der Waals surface area (Å²) < 4.78 is 0. The zero-order chi connectivity index (χ0) is 13.7. The molecule has 0 saturated heterocycles. The van der Waals surface area contributed by atoms with E-state index in [0.29, 0.717) is 23.0 Å². The van der Waals surface area contributed by atoms with Crippen molar-refractivity contribution in [3.8, 4) is 0 Å². The minimum atomic E-state index is -0.144. The molecule has 0 aliphatic carbocycles. The van der Waals surface area contributed by atoms with Crippen LogP contribution < -0.4 is 5.32 Å². The van der Waals surface area contributed by atoms with Crippen LogP contribution >= 0.6 is 11.8 Å². The van der Waals surface area contributed by atoms with Gasteiger partial charge in [0.1, 0.15) is 0 Å². The van der Waals surface area contributed by atoms with Gasteiger partial charge < -0.3 is 5.32 Å². The topological polar surface area (TPSA) is 54.9 Å². The van der Waals surface area contributed by atoms with Gasteiger partial charge in [0.25, 0.3) is 5.91 Å². The summed E-state index contributed by atoms with van der Waals surface area (Å²) in [5, 5.41) is 3.55. The quantitative estimate of drug-likeness (QED) is 0.686. The molecular weight excluding hydrogens is 258 g/mol. The molecule has 0 bridgehead atoms. The Hall–Kier alpha value is -1.88. The largest absolute Gasteiger partial charge is 0.348 e. The summed E-state index contributed by atoms with van der Waals surface area (Å²) in [6.07, 6.45) is 3.48. The Balaban J connectivity index is 2.04. The average molecular weight is 273 g/mol. The van der Waals surface area contributed by atoms with E-state index in [1.807, 2.05) is 43.5 Å². The van der Waals surface area contributed by atoms with E-state index in [1.54, 1.807) is 6.20 Å². The number of nitrogens with zero attached hydrogens (tertiary/aromatic N) is 2. The summed E-state index contributed by atoms with van der Waals surface area (Å²) in [7, 11) is 0. The van der Waals surface area contributed by atoms with E-state index in [2.05, 4.69) is 15.3 Å². The van der Waals surface area contributed by atoms with Crippen LogP contribution in [0.1, 0.15) is 21.6 Å². The molecule has 19 heavy (non-hydrogen) atoms. The van der Waals surface area contributed by atoms with Gasteiger partial charge in [0, 0.05) is 12.7 Å². The van der Waals surface area contributed by atoms with E-state index in [9.17, 15) is 4.79 Å². The van der Waals surface area contributed by atoms with Crippen LogP contribution in [0, 0.1) is 6.92 Å². The van der Waals surface area contributed by atoms with Crippen molar-refractivity contribution in [1.82, 2.24) is 15.3 Å².